The van der Waals surface area contributed by atoms with Crippen molar-refractivity contribution in [2.45, 2.75) is 6.17 Å². The van der Waals surface area contributed by atoms with Crippen LogP contribution in [0.4, 0.5) is 4.39 Å². The monoisotopic (exact) mass is 340 g/mol. The van der Waals surface area contributed by atoms with E-state index in [0.717, 1.165) is 38.5 Å². The third-order valence-corrected chi connectivity index (χ3v) is 5.17. The van der Waals surface area contributed by atoms with Gasteiger partial charge in [0.1, 0.15) is 28.7 Å². The van der Waals surface area contributed by atoms with E-state index < -0.39 is 6.17 Å². The molecule has 0 N–H and O–H groups in total. The molecule has 1 atom stereocenters. The van der Waals surface area contributed by atoms with E-state index >= 15 is 0 Å². The average molecular weight is 340 g/mol. The molecule has 3 aromatic carbocycles. The Hall–Kier alpha value is -3.33. The summed E-state index contributed by atoms with van der Waals surface area (Å²) in [7, 11) is 0. The van der Waals surface area contributed by atoms with Crippen LogP contribution in [0.5, 0.6) is 0 Å². The Kier molecular flexibility index (Phi) is 2.60. The summed E-state index contributed by atoms with van der Waals surface area (Å²) in [5.41, 5.74) is 5.02. The molecule has 0 saturated heterocycles. The zero-order valence-electron chi connectivity index (χ0n) is 13.7. The zero-order chi connectivity index (χ0) is 17.3. The van der Waals surface area contributed by atoms with Gasteiger partial charge in [-0.05, 0) is 41.5 Å². The SMILES string of the molecule is FC1C=Cc2oc3cccc(-c4cccc5oc6ccccc6c45)c3c21. The molecule has 0 spiro atoms. The van der Waals surface area contributed by atoms with Crippen molar-refractivity contribution in [1.82, 2.24) is 0 Å². The van der Waals surface area contributed by atoms with Gasteiger partial charge < -0.3 is 8.83 Å². The number of fused-ring (bicyclic) bond motifs is 6. The number of alkyl halides is 1. The van der Waals surface area contributed by atoms with Gasteiger partial charge in [-0.1, -0.05) is 42.5 Å². The first-order chi connectivity index (χ1) is 12.8. The number of furan rings is 2. The smallest absolute Gasteiger partial charge is 0.148 e. The minimum atomic E-state index is -1.13. The van der Waals surface area contributed by atoms with Crippen LogP contribution in [0.2, 0.25) is 0 Å². The van der Waals surface area contributed by atoms with E-state index in [1.165, 1.54) is 6.08 Å². The molecule has 1 unspecified atom stereocenters. The Morgan fingerprint density at radius 3 is 2.23 bits per heavy atom. The van der Waals surface area contributed by atoms with Gasteiger partial charge in [0.05, 0.1) is 0 Å². The van der Waals surface area contributed by atoms with Crippen molar-refractivity contribution < 1.29 is 13.2 Å². The predicted molar refractivity (Wildman–Crippen MR) is 102 cm³/mol. The summed E-state index contributed by atoms with van der Waals surface area (Å²) in [5, 5.41) is 2.95. The Balaban J connectivity index is 1.78. The van der Waals surface area contributed by atoms with E-state index in [9.17, 15) is 4.39 Å². The molecule has 26 heavy (non-hydrogen) atoms. The highest BCUT2D eigenvalue weighted by atomic mass is 19.1. The van der Waals surface area contributed by atoms with Gasteiger partial charge in [0.2, 0.25) is 0 Å². The maximum absolute atomic E-state index is 14.5. The summed E-state index contributed by atoms with van der Waals surface area (Å²) >= 11 is 0. The molecule has 0 amide bonds. The largest absolute Gasteiger partial charge is 0.456 e. The minimum Gasteiger partial charge on any atom is -0.456 e. The summed E-state index contributed by atoms with van der Waals surface area (Å²) in [6.07, 6.45) is 2.13. The fourth-order valence-electron chi connectivity index (χ4n) is 4.08. The van der Waals surface area contributed by atoms with Crippen LogP contribution in [0.15, 0.2) is 75.6 Å². The standard InChI is InChI=1S/C23H13FO2/c24-16-11-12-20-23(16)22-14(7-4-10-19(22)26-20)13-6-3-9-18-21(13)15-5-1-2-8-17(15)25-18/h1-12,16H. The van der Waals surface area contributed by atoms with Crippen molar-refractivity contribution in [3.63, 3.8) is 0 Å². The van der Waals surface area contributed by atoms with E-state index in [1.807, 2.05) is 48.5 Å². The molecule has 2 aromatic heterocycles. The molecular weight excluding hydrogens is 327 g/mol. The molecule has 5 aromatic rings. The van der Waals surface area contributed by atoms with Crippen molar-refractivity contribution in [3.05, 3.63) is 78.1 Å². The molecule has 3 heteroatoms. The van der Waals surface area contributed by atoms with Gasteiger partial charge in [0.15, 0.2) is 0 Å². The van der Waals surface area contributed by atoms with Crippen LogP contribution in [0, 0.1) is 0 Å². The summed E-state index contributed by atoms with van der Waals surface area (Å²) < 4.78 is 26.4. The lowest BCUT2D eigenvalue weighted by molar-refractivity contribution is 0.419. The second-order valence-corrected chi connectivity index (χ2v) is 6.60. The third kappa shape index (κ3) is 1.70. The Bertz CT molecular complexity index is 1350. The molecule has 2 heterocycles. The molecule has 0 saturated carbocycles. The van der Waals surface area contributed by atoms with Crippen molar-refractivity contribution in [2.24, 2.45) is 0 Å². The van der Waals surface area contributed by atoms with E-state index in [-0.39, 0.29) is 0 Å². The molecule has 0 aliphatic heterocycles. The van der Waals surface area contributed by atoms with Crippen molar-refractivity contribution >= 4 is 39.0 Å². The number of hydrogen-bond acceptors (Lipinski definition) is 2. The van der Waals surface area contributed by atoms with Gasteiger partial charge in [-0.2, -0.15) is 0 Å². The molecule has 124 valence electrons. The van der Waals surface area contributed by atoms with E-state index in [4.69, 9.17) is 8.83 Å². The lowest BCUT2D eigenvalue weighted by Gasteiger charge is -2.07. The minimum absolute atomic E-state index is 0.615. The van der Waals surface area contributed by atoms with Crippen LogP contribution in [0.1, 0.15) is 17.5 Å². The zero-order valence-corrected chi connectivity index (χ0v) is 13.7. The fraction of sp³-hybridized carbons (Fsp3) is 0.0435. The van der Waals surface area contributed by atoms with Crippen LogP contribution < -0.4 is 0 Å². The number of hydrogen-bond donors (Lipinski definition) is 0. The third-order valence-electron chi connectivity index (χ3n) is 5.17. The Morgan fingerprint density at radius 1 is 0.692 bits per heavy atom. The molecule has 2 nitrogen and oxygen atoms in total. The second-order valence-electron chi connectivity index (χ2n) is 6.60. The van der Waals surface area contributed by atoms with Crippen LogP contribution in [0.25, 0.3) is 50.1 Å². The van der Waals surface area contributed by atoms with Crippen LogP contribution >= 0.6 is 0 Å². The van der Waals surface area contributed by atoms with E-state index in [2.05, 4.69) is 12.1 Å². The maximum Gasteiger partial charge on any atom is 0.148 e. The Labute approximate surface area is 148 Å². The van der Waals surface area contributed by atoms with Gasteiger partial charge in [-0.15, -0.1) is 0 Å². The quantitative estimate of drug-likeness (QED) is 0.327. The van der Waals surface area contributed by atoms with Gasteiger partial charge >= 0.3 is 0 Å². The molecule has 0 radical (unpaired) electrons. The summed E-state index contributed by atoms with van der Waals surface area (Å²) in [5.74, 6) is 0.615. The number of halogens is 1. The first kappa shape index (κ1) is 13.9. The molecule has 0 fully saturated rings. The van der Waals surface area contributed by atoms with Crippen molar-refractivity contribution in [1.29, 1.82) is 0 Å². The van der Waals surface area contributed by atoms with Crippen LogP contribution in [0.3, 0.4) is 0 Å². The second kappa shape index (κ2) is 4.85. The topological polar surface area (TPSA) is 26.3 Å². The van der Waals surface area contributed by atoms with Gasteiger partial charge in [-0.3, -0.25) is 0 Å². The number of para-hydroxylation sites is 1. The summed E-state index contributed by atoms with van der Waals surface area (Å²) in [4.78, 5) is 0. The van der Waals surface area contributed by atoms with Gasteiger partial charge in [0, 0.05) is 21.7 Å². The van der Waals surface area contributed by atoms with Crippen molar-refractivity contribution in [3.8, 4) is 11.1 Å². The van der Waals surface area contributed by atoms with Gasteiger partial charge in [-0.25, -0.2) is 4.39 Å². The highest BCUT2D eigenvalue weighted by Crippen LogP contribution is 2.45. The van der Waals surface area contributed by atoms with Crippen LogP contribution in [-0.4, -0.2) is 0 Å². The average Bonchev–Trinajstić information content (AvgIpc) is 3.33. The molecule has 1 aliphatic rings. The molecule has 1 aliphatic carbocycles. The highest BCUT2D eigenvalue weighted by Gasteiger charge is 2.27. The molecule has 6 rings (SSSR count). The van der Waals surface area contributed by atoms with E-state index in [0.29, 0.717) is 16.9 Å². The molecular formula is C23H13FO2. The maximum atomic E-state index is 14.5. The summed E-state index contributed by atoms with van der Waals surface area (Å²) in [6.45, 7) is 0. The number of rotatable bonds is 1. The number of allylic oxidation sites excluding steroid dienone is 1. The predicted octanol–water partition coefficient (Wildman–Crippen LogP) is 7.04. The highest BCUT2D eigenvalue weighted by molar-refractivity contribution is 6.15. The normalized spacial score (nSPS) is 16.1. The molecule has 0 bridgehead atoms. The lowest BCUT2D eigenvalue weighted by atomic mass is 9.94. The van der Waals surface area contributed by atoms with E-state index in [1.54, 1.807) is 6.08 Å². The number of benzene rings is 3. The summed E-state index contributed by atoms with van der Waals surface area (Å²) in [6, 6.07) is 19.9. The first-order valence-corrected chi connectivity index (χ1v) is 8.59. The lowest BCUT2D eigenvalue weighted by Crippen LogP contribution is -1.87. The van der Waals surface area contributed by atoms with Crippen LogP contribution in [-0.2, 0) is 0 Å². The Morgan fingerprint density at radius 2 is 1.38 bits per heavy atom. The van der Waals surface area contributed by atoms with Crippen molar-refractivity contribution in [2.75, 3.05) is 0 Å². The first-order valence-electron chi connectivity index (χ1n) is 8.59. The fourth-order valence-corrected chi connectivity index (χ4v) is 4.08. The van der Waals surface area contributed by atoms with Gasteiger partial charge in [0.25, 0.3) is 0 Å².